The molecular weight excluding hydrogens is 607 g/mol. The number of rotatable bonds is 8. The van der Waals surface area contributed by atoms with Gasteiger partial charge in [-0.25, -0.2) is 0 Å². The second-order valence-corrected chi connectivity index (χ2v) is 9.52. The monoisotopic (exact) mass is 622 g/mol. The molecule has 0 aliphatic heterocycles. The highest BCUT2D eigenvalue weighted by Crippen LogP contribution is 2.36. The quantitative estimate of drug-likeness (QED) is 0.203. The number of nitrogens with one attached hydrogen (secondary N) is 1. The molecule has 0 bridgehead atoms. The molecule has 34 heavy (non-hydrogen) atoms. The summed E-state index contributed by atoms with van der Waals surface area (Å²) in [6.45, 7) is 2.46. The van der Waals surface area contributed by atoms with Gasteiger partial charge in [-0.3, -0.25) is 4.79 Å². The van der Waals surface area contributed by atoms with Crippen molar-refractivity contribution in [3.05, 3.63) is 90.3 Å². The third-order valence-electron chi connectivity index (χ3n) is 4.53. The highest BCUT2D eigenvalue weighted by atomic mass is 79.9. The van der Waals surface area contributed by atoms with E-state index in [2.05, 4.69) is 37.2 Å². The Labute approximate surface area is 224 Å². The average Bonchev–Trinajstić information content (AvgIpc) is 2.80. The van der Waals surface area contributed by atoms with Gasteiger partial charge < -0.3 is 14.8 Å². The van der Waals surface area contributed by atoms with E-state index in [0.29, 0.717) is 43.9 Å². The lowest BCUT2D eigenvalue weighted by Crippen LogP contribution is -2.13. The number of hydrogen-bond donors (Lipinski definition) is 1. The number of amides is 1. The zero-order valence-corrected chi connectivity index (χ0v) is 22.6. The van der Waals surface area contributed by atoms with Crippen molar-refractivity contribution in [2.24, 2.45) is 0 Å². The number of nitrogens with zero attached hydrogens (tertiary/aromatic N) is 1. The van der Waals surface area contributed by atoms with Crippen LogP contribution in [0, 0.1) is 11.3 Å². The molecule has 0 aliphatic carbocycles. The fraction of sp³-hybridized carbons (Fsp3) is 0.120. The van der Waals surface area contributed by atoms with Crippen molar-refractivity contribution in [1.29, 1.82) is 5.26 Å². The minimum absolute atomic E-state index is 0.0623. The average molecular weight is 625 g/mol. The molecule has 0 radical (unpaired) electrons. The van der Waals surface area contributed by atoms with Gasteiger partial charge in [0.15, 0.2) is 11.5 Å². The van der Waals surface area contributed by atoms with Crippen LogP contribution < -0.4 is 14.8 Å². The molecular formula is C25H18Br2Cl2N2O3. The van der Waals surface area contributed by atoms with E-state index in [1.54, 1.807) is 54.6 Å². The molecule has 3 rings (SSSR count). The normalized spacial score (nSPS) is 11.0. The molecule has 3 aromatic rings. The van der Waals surface area contributed by atoms with E-state index < -0.39 is 5.91 Å². The van der Waals surface area contributed by atoms with Gasteiger partial charge >= 0.3 is 0 Å². The summed E-state index contributed by atoms with van der Waals surface area (Å²) in [4.78, 5) is 12.6. The van der Waals surface area contributed by atoms with Crippen LogP contribution in [0.1, 0.15) is 18.1 Å². The lowest BCUT2D eigenvalue weighted by Gasteiger charge is -2.15. The van der Waals surface area contributed by atoms with Crippen molar-refractivity contribution in [3.8, 4) is 17.6 Å². The molecule has 0 heterocycles. The number of halogens is 4. The first kappa shape index (κ1) is 26.1. The van der Waals surface area contributed by atoms with Crippen LogP contribution >= 0.6 is 55.1 Å². The molecule has 5 nitrogen and oxygen atoms in total. The molecule has 0 saturated heterocycles. The minimum atomic E-state index is -0.521. The van der Waals surface area contributed by atoms with Crippen molar-refractivity contribution in [3.63, 3.8) is 0 Å². The molecule has 0 atom stereocenters. The summed E-state index contributed by atoms with van der Waals surface area (Å²) in [6, 6.07) is 17.6. The predicted octanol–water partition coefficient (Wildman–Crippen LogP) is 8.04. The predicted molar refractivity (Wildman–Crippen MR) is 142 cm³/mol. The second kappa shape index (κ2) is 12.3. The minimum Gasteiger partial charge on any atom is -0.490 e. The van der Waals surface area contributed by atoms with E-state index in [4.69, 9.17) is 32.7 Å². The molecule has 0 saturated carbocycles. The number of carbonyl (C=O) groups excluding carboxylic acids is 1. The Hall–Kier alpha value is -2.50. The van der Waals surface area contributed by atoms with Crippen molar-refractivity contribution in [1.82, 2.24) is 0 Å². The molecule has 3 aromatic carbocycles. The summed E-state index contributed by atoms with van der Waals surface area (Å²) < 4.78 is 13.2. The smallest absolute Gasteiger partial charge is 0.266 e. The maximum absolute atomic E-state index is 12.6. The Kier molecular flexibility index (Phi) is 9.43. The maximum Gasteiger partial charge on any atom is 0.266 e. The van der Waals surface area contributed by atoms with Crippen LogP contribution in [0.5, 0.6) is 11.5 Å². The molecule has 0 aliphatic rings. The Morgan fingerprint density at radius 2 is 1.76 bits per heavy atom. The summed E-state index contributed by atoms with van der Waals surface area (Å²) in [7, 11) is 0. The maximum atomic E-state index is 12.6. The van der Waals surface area contributed by atoms with E-state index in [1.807, 2.05) is 13.0 Å². The zero-order valence-electron chi connectivity index (χ0n) is 17.9. The molecule has 1 amide bonds. The van der Waals surface area contributed by atoms with E-state index in [0.717, 1.165) is 10.0 Å². The molecule has 0 unspecified atom stereocenters. The number of hydrogen-bond acceptors (Lipinski definition) is 4. The van der Waals surface area contributed by atoms with Crippen LogP contribution in [0.3, 0.4) is 0 Å². The van der Waals surface area contributed by atoms with Crippen LogP contribution in [0.4, 0.5) is 5.69 Å². The first-order valence-corrected chi connectivity index (χ1v) is 12.4. The van der Waals surface area contributed by atoms with E-state index in [-0.39, 0.29) is 12.2 Å². The van der Waals surface area contributed by atoms with Crippen molar-refractivity contribution < 1.29 is 14.3 Å². The molecule has 0 spiro atoms. The van der Waals surface area contributed by atoms with Gasteiger partial charge in [-0.05, 0) is 67.1 Å². The summed E-state index contributed by atoms with van der Waals surface area (Å²) in [5.74, 6) is 0.426. The largest absolute Gasteiger partial charge is 0.490 e. The van der Waals surface area contributed by atoms with Crippen LogP contribution in [0.25, 0.3) is 6.08 Å². The zero-order chi connectivity index (χ0) is 24.7. The van der Waals surface area contributed by atoms with Crippen LogP contribution in [-0.2, 0) is 11.4 Å². The fourth-order valence-corrected chi connectivity index (χ4v) is 4.04. The Bertz CT molecular complexity index is 1270. The van der Waals surface area contributed by atoms with Crippen LogP contribution in [0.2, 0.25) is 10.0 Å². The lowest BCUT2D eigenvalue weighted by molar-refractivity contribution is -0.112. The van der Waals surface area contributed by atoms with Gasteiger partial charge in [-0.2, -0.15) is 5.26 Å². The summed E-state index contributed by atoms with van der Waals surface area (Å²) in [5, 5.41) is 13.3. The molecule has 174 valence electrons. The van der Waals surface area contributed by atoms with Gasteiger partial charge in [0.2, 0.25) is 0 Å². The second-order valence-electron chi connectivity index (χ2n) is 6.91. The molecule has 1 N–H and O–H groups in total. The van der Waals surface area contributed by atoms with Crippen LogP contribution in [0.15, 0.2) is 69.1 Å². The number of carbonyl (C=O) groups is 1. The van der Waals surface area contributed by atoms with Crippen LogP contribution in [-0.4, -0.2) is 12.5 Å². The Morgan fingerprint density at radius 1 is 1.06 bits per heavy atom. The highest BCUT2D eigenvalue weighted by Gasteiger charge is 2.15. The van der Waals surface area contributed by atoms with Crippen molar-refractivity contribution in [2.45, 2.75) is 13.5 Å². The SMILES string of the molecule is CCOc1cc(/C=C(\C#N)C(=O)Nc2ccc(Br)cc2)c(Br)cc1OCc1ccc(Cl)cc1Cl. The molecule has 0 aromatic heterocycles. The van der Waals surface area contributed by atoms with Gasteiger partial charge in [0.25, 0.3) is 5.91 Å². The van der Waals surface area contributed by atoms with Crippen molar-refractivity contribution in [2.75, 3.05) is 11.9 Å². The highest BCUT2D eigenvalue weighted by molar-refractivity contribution is 9.10. The first-order valence-electron chi connectivity index (χ1n) is 10.0. The number of nitriles is 1. The van der Waals surface area contributed by atoms with E-state index in [1.165, 1.54) is 6.08 Å². The fourth-order valence-electron chi connectivity index (χ4n) is 2.87. The van der Waals surface area contributed by atoms with Gasteiger partial charge in [-0.15, -0.1) is 0 Å². The third-order valence-corrected chi connectivity index (χ3v) is 6.33. The van der Waals surface area contributed by atoms with E-state index >= 15 is 0 Å². The van der Waals surface area contributed by atoms with Crippen molar-refractivity contribution >= 4 is 72.7 Å². The summed E-state index contributed by atoms with van der Waals surface area (Å²) in [6.07, 6.45) is 1.49. The molecule has 9 heteroatoms. The number of ether oxygens (including phenoxy) is 2. The lowest BCUT2D eigenvalue weighted by atomic mass is 10.1. The van der Waals surface area contributed by atoms with E-state index in [9.17, 15) is 10.1 Å². The summed E-state index contributed by atoms with van der Waals surface area (Å²) in [5.41, 5.74) is 1.87. The summed E-state index contributed by atoms with van der Waals surface area (Å²) >= 11 is 19.0. The van der Waals surface area contributed by atoms with Gasteiger partial charge in [-0.1, -0.05) is 61.1 Å². The molecule has 0 fully saturated rings. The standard InChI is InChI=1S/C25H18Br2Cl2N2O3/c1-2-33-23-10-16(9-17(13-30)25(32)31-20-7-4-18(26)5-8-20)21(27)12-24(23)34-14-15-3-6-19(28)11-22(15)29/h3-12H,2,14H2,1H3,(H,31,32)/b17-9+. The number of benzene rings is 3. The van der Waals surface area contributed by atoms with Gasteiger partial charge in [0, 0.05) is 30.2 Å². The first-order chi connectivity index (χ1) is 16.3. The number of anilines is 1. The third kappa shape index (κ3) is 7.00. The van der Waals surface area contributed by atoms with Gasteiger partial charge in [0.05, 0.1) is 6.61 Å². The Balaban J connectivity index is 1.85. The van der Waals surface area contributed by atoms with Gasteiger partial charge in [0.1, 0.15) is 18.2 Å². The Morgan fingerprint density at radius 3 is 2.41 bits per heavy atom. The topological polar surface area (TPSA) is 71.3 Å².